The van der Waals surface area contributed by atoms with Gasteiger partial charge in [0.1, 0.15) is 0 Å². The van der Waals surface area contributed by atoms with Crippen molar-refractivity contribution >= 4 is 0 Å². The van der Waals surface area contributed by atoms with E-state index in [2.05, 4.69) is 57.3 Å². The van der Waals surface area contributed by atoms with Crippen LogP contribution in [0.5, 0.6) is 0 Å². The molecule has 1 N–H and O–H groups in total. The summed E-state index contributed by atoms with van der Waals surface area (Å²) in [6.45, 7) is 8.75. The van der Waals surface area contributed by atoms with Gasteiger partial charge in [0, 0.05) is 12.1 Å². The largest absolute Gasteiger partial charge is 0.308 e. The highest BCUT2D eigenvalue weighted by atomic mass is 14.9. The van der Waals surface area contributed by atoms with Crippen LogP contribution in [-0.4, -0.2) is 6.04 Å². The lowest BCUT2D eigenvalue weighted by Crippen LogP contribution is -2.25. The molecule has 0 aromatic heterocycles. The molecule has 78 valence electrons. The number of hydrogen-bond acceptors (Lipinski definition) is 1. The standard InChI is InChI=1S/C13H21N/c1-5-12-6-8-13(9-7-12)11(4)14-10(2)3/h6-11,14H,5H2,1-4H3/t11-/m1/s1. The van der Waals surface area contributed by atoms with Crippen LogP contribution in [0.25, 0.3) is 0 Å². The fraction of sp³-hybridized carbons (Fsp3) is 0.538. The van der Waals surface area contributed by atoms with Crippen LogP contribution in [0.1, 0.15) is 44.9 Å². The van der Waals surface area contributed by atoms with Gasteiger partial charge in [0.05, 0.1) is 0 Å². The van der Waals surface area contributed by atoms with E-state index in [4.69, 9.17) is 0 Å². The summed E-state index contributed by atoms with van der Waals surface area (Å²) in [5, 5.41) is 3.50. The molecule has 0 saturated heterocycles. The highest BCUT2D eigenvalue weighted by molar-refractivity contribution is 5.24. The fourth-order valence-electron chi connectivity index (χ4n) is 1.64. The van der Waals surface area contributed by atoms with E-state index in [1.165, 1.54) is 11.1 Å². The molecule has 0 amide bonds. The zero-order chi connectivity index (χ0) is 10.6. The summed E-state index contributed by atoms with van der Waals surface area (Å²) in [6.07, 6.45) is 1.12. The van der Waals surface area contributed by atoms with E-state index >= 15 is 0 Å². The van der Waals surface area contributed by atoms with E-state index in [0.29, 0.717) is 12.1 Å². The van der Waals surface area contributed by atoms with Gasteiger partial charge in [0.15, 0.2) is 0 Å². The number of benzene rings is 1. The molecule has 1 rings (SSSR count). The van der Waals surface area contributed by atoms with E-state index in [1.54, 1.807) is 0 Å². The minimum atomic E-state index is 0.445. The van der Waals surface area contributed by atoms with Gasteiger partial charge in [0.25, 0.3) is 0 Å². The molecule has 0 aliphatic carbocycles. The normalized spacial score (nSPS) is 13.2. The Bertz CT molecular complexity index is 261. The van der Waals surface area contributed by atoms with Gasteiger partial charge in [-0.1, -0.05) is 45.0 Å². The first-order valence-electron chi connectivity index (χ1n) is 5.48. The first-order valence-corrected chi connectivity index (χ1v) is 5.48. The second kappa shape index (κ2) is 5.16. The lowest BCUT2D eigenvalue weighted by Gasteiger charge is -2.17. The van der Waals surface area contributed by atoms with Crippen molar-refractivity contribution in [2.75, 3.05) is 0 Å². The third kappa shape index (κ3) is 3.15. The van der Waals surface area contributed by atoms with Gasteiger partial charge in [-0.25, -0.2) is 0 Å². The van der Waals surface area contributed by atoms with Crippen LogP contribution < -0.4 is 5.32 Å². The van der Waals surface area contributed by atoms with E-state index in [1.807, 2.05) is 0 Å². The molecule has 1 heteroatoms. The number of rotatable bonds is 4. The molecule has 1 aromatic carbocycles. The summed E-state index contributed by atoms with van der Waals surface area (Å²) in [6, 6.07) is 9.86. The highest BCUT2D eigenvalue weighted by Gasteiger charge is 2.05. The Labute approximate surface area is 87.5 Å². The Hall–Kier alpha value is -0.820. The van der Waals surface area contributed by atoms with Gasteiger partial charge in [-0.15, -0.1) is 0 Å². The topological polar surface area (TPSA) is 12.0 Å². The van der Waals surface area contributed by atoms with Gasteiger partial charge in [-0.2, -0.15) is 0 Å². The van der Waals surface area contributed by atoms with Crippen LogP contribution in [0.3, 0.4) is 0 Å². The molecule has 0 radical (unpaired) electrons. The maximum absolute atomic E-state index is 3.50. The highest BCUT2D eigenvalue weighted by Crippen LogP contribution is 2.14. The van der Waals surface area contributed by atoms with Gasteiger partial charge in [-0.3, -0.25) is 0 Å². The number of aryl methyl sites for hydroxylation is 1. The summed E-state index contributed by atoms with van der Waals surface area (Å²) < 4.78 is 0. The minimum Gasteiger partial charge on any atom is -0.308 e. The Balaban J connectivity index is 2.66. The van der Waals surface area contributed by atoms with Crippen LogP contribution in [0.4, 0.5) is 0 Å². The van der Waals surface area contributed by atoms with Crippen molar-refractivity contribution < 1.29 is 0 Å². The number of hydrogen-bond donors (Lipinski definition) is 1. The molecule has 0 aliphatic heterocycles. The van der Waals surface area contributed by atoms with Crippen molar-refractivity contribution in [1.82, 2.24) is 5.32 Å². The van der Waals surface area contributed by atoms with Gasteiger partial charge in [0.2, 0.25) is 0 Å². The Morgan fingerprint density at radius 1 is 1.07 bits per heavy atom. The molecular weight excluding hydrogens is 170 g/mol. The maximum Gasteiger partial charge on any atom is 0.0294 e. The molecule has 14 heavy (non-hydrogen) atoms. The first kappa shape index (κ1) is 11.3. The summed E-state index contributed by atoms with van der Waals surface area (Å²) >= 11 is 0. The van der Waals surface area contributed by atoms with Crippen LogP contribution in [0, 0.1) is 0 Å². The molecule has 0 saturated carbocycles. The molecule has 0 unspecified atom stereocenters. The second-order valence-corrected chi connectivity index (χ2v) is 4.14. The Morgan fingerprint density at radius 3 is 2.07 bits per heavy atom. The molecule has 1 aromatic rings. The molecule has 0 aliphatic rings. The van der Waals surface area contributed by atoms with E-state index in [9.17, 15) is 0 Å². The van der Waals surface area contributed by atoms with Crippen molar-refractivity contribution in [3.8, 4) is 0 Å². The second-order valence-electron chi connectivity index (χ2n) is 4.14. The first-order chi connectivity index (χ1) is 6.63. The van der Waals surface area contributed by atoms with Crippen LogP contribution in [0.2, 0.25) is 0 Å². The van der Waals surface area contributed by atoms with E-state index in [-0.39, 0.29) is 0 Å². The minimum absolute atomic E-state index is 0.445. The zero-order valence-corrected chi connectivity index (χ0v) is 9.67. The van der Waals surface area contributed by atoms with Gasteiger partial charge >= 0.3 is 0 Å². The monoisotopic (exact) mass is 191 g/mol. The predicted molar refractivity (Wildman–Crippen MR) is 62.5 cm³/mol. The smallest absolute Gasteiger partial charge is 0.0294 e. The average molecular weight is 191 g/mol. The van der Waals surface area contributed by atoms with Crippen molar-refractivity contribution in [1.29, 1.82) is 0 Å². The SMILES string of the molecule is CCc1ccc([C@@H](C)NC(C)C)cc1. The molecule has 0 fully saturated rings. The lowest BCUT2D eigenvalue weighted by atomic mass is 10.0. The molecule has 1 nitrogen and oxygen atoms in total. The molecule has 0 bridgehead atoms. The van der Waals surface area contributed by atoms with Crippen molar-refractivity contribution in [3.05, 3.63) is 35.4 Å². The number of nitrogens with one attached hydrogen (secondary N) is 1. The van der Waals surface area contributed by atoms with Crippen LogP contribution >= 0.6 is 0 Å². The van der Waals surface area contributed by atoms with Gasteiger partial charge in [-0.05, 0) is 24.5 Å². The third-order valence-corrected chi connectivity index (χ3v) is 2.47. The zero-order valence-electron chi connectivity index (χ0n) is 9.67. The molecule has 1 atom stereocenters. The van der Waals surface area contributed by atoms with Crippen LogP contribution in [-0.2, 0) is 6.42 Å². The summed E-state index contributed by atoms with van der Waals surface area (Å²) in [4.78, 5) is 0. The summed E-state index contributed by atoms with van der Waals surface area (Å²) in [5.74, 6) is 0. The maximum atomic E-state index is 3.50. The molecule has 0 heterocycles. The van der Waals surface area contributed by atoms with E-state index in [0.717, 1.165) is 6.42 Å². The fourth-order valence-corrected chi connectivity index (χ4v) is 1.64. The van der Waals surface area contributed by atoms with Crippen molar-refractivity contribution in [3.63, 3.8) is 0 Å². The van der Waals surface area contributed by atoms with Crippen molar-refractivity contribution in [2.45, 2.75) is 46.2 Å². The van der Waals surface area contributed by atoms with Crippen molar-refractivity contribution in [2.24, 2.45) is 0 Å². The van der Waals surface area contributed by atoms with Crippen LogP contribution in [0.15, 0.2) is 24.3 Å². The quantitative estimate of drug-likeness (QED) is 0.770. The van der Waals surface area contributed by atoms with Gasteiger partial charge < -0.3 is 5.32 Å². The summed E-state index contributed by atoms with van der Waals surface area (Å²) in [7, 11) is 0. The lowest BCUT2D eigenvalue weighted by molar-refractivity contribution is 0.506. The summed E-state index contributed by atoms with van der Waals surface area (Å²) in [5.41, 5.74) is 2.78. The predicted octanol–water partition coefficient (Wildman–Crippen LogP) is 3.31. The average Bonchev–Trinajstić information content (AvgIpc) is 2.17. The Kier molecular flexibility index (Phi) is 4.15. The van der Waals surface area contributed by atoms with E-state index < -0.39 is 0 Å². The Morgan fingerprint density at radius 2 is 1.64 bits per heavy atom. The molecular formula is C13H21N. The third-order valence-electron chi connectivity index (χ3n) is 2.47. The molecule has 0 spiro atoms.